The van der Waals surface area contributed by atoms with Crippen LogP contribution in [-0.4, -0.2) is 42.9 Å². The average molecular weight is 405 g/mol. The van der Waals surface area contributed by atoms with Crippen LogP contribution in [0.25, 0.3) is 33.9 Å². The quantitative estimate of drug-likeness (QED) is 0.450. The molecular formula is C20H16N6S2. The molecule has 4 aromatic rings. The van der Waals surface area contributed by atoms with Gasteiger partial charge in [0.15, 0.2) is 0 Å². The molecule has 0 saturated heterocycles. The van der Waals surface area contributed by atoms with Crippen molar-refractivity contribution in [2.45, 2.75) is 10.3 Å². The van der Waals surface area contributed by atoms with Gasteiger partial charge in [0, 0.05) is 11.1 Å². The zero-order valence-corrected chi connectivity index (χ0v) is 16.9. The fourth-order valence-corrected chi connectivity index (χ4v) is 3.32. The van der Waals surface area contributed by atoms with E-state index < -0.39 is 0 Å². The van der Waals surface area contributed by atoms with Gasteiger partial charge in [0.05, 0.1) is 0 Å². The van der Waals surface area contributed by atoms with Crippen LogP contribution in [0.5, 0.6) is 0 Å². The van der Waals surface area contributed by atoms with Crippen molar-refractivity contribution >= 4 is 23.5 Å². The van der Waals surface area contributed by atoms with Crippen molar-refractivity contribution in [3.8, 4) is 33.9 Å². The summed E-state index contributed by atoms with van der Waals surface area (Å²) in [6.45, 7) is 0. The summed E-state index contributed by atoms with van der Waals surface area (Å²) in [6, 6.07) is 19.7. The van der Waals surface area contributed by atoms with Crippen molar-refractivity contribution in [2.24, 2.45) is 0 Å². The number of hydrogen-bond donors (Lipinski definition) is 0. The lowest BCUT2D eigenvalue weighted by atomic mass is 10.0. The minimum Gasteiger partial charge on any atom is -0.217 e. The Morgan fingerprint density at radius 1 is 0.500 bits per heavy atom. The molecule has 0 amide bonds. The van der Waals surface area contributed by atoms with E-state index in [1.165, 1.54) is 23.5 Å². The molecule has 0 saturated carbocycles. The van der Waals surface area contributed by atoms with Gasteiger partial charge in [-0.2, -0.15) is 0 Å². The van der Waals surface area contributed by atoms with Gasteiger partial charge in [-0.25, -0.2) is 9.97 Å². The van der Waals surface area contributed by atoms with Crippen LogP contribution in [-0.2, 0) is 0 Å². The number of nitrogens with zero attached hydrogens (tertiary/aromatic N) is 6. The third-order valence-corrected chi connectivity index (χ3v) is 5.09. The van der Waals surface area contributed by atoms with E-state index in [0.29, 0.717) is 33.1 Å². The lowest BCUT2D eigenvalue weighted by Crippen LogP contribution is -2.04. The van der Waals surface area contributed by atoms with Crippen molar-refractivity contribution in [3.63, 3.8) is 0 Å². The maximum absolute atomic E-state index is 4.75. The van der Waals surface area contributed by atoms with Gasteiger partial charge in [0.25, 0.3) is 0 Å². The minimum atomic E-state index is 0.581. The molecule has 2 aromatic heterocycles. The zero-order chi connectivity index (χ0) is 19.3. The van der Waals surface area contributed by atoms with Crippen LogP contribution in [0.15, 0.2) is 71.0 Å². The molecule has 0 bridgehead atoms. The summed E-state index contributed by atoms with van der Waals surface area (Å²) in [5, 5.41) is 18.6. The first-order chi connectivity index (χ1) is 13.8. The van der Waals surface area contributed by atoms with Crippen molar-refractivity contribution in [1.29, 1.82) is 0 Å². The largest absolute Gasteiger partial charge is 0.217 e. The molecule has 0 aliphatic carbocycles. The third kappa shape index (κ3) is 3.74. The van der Waals surface area contributed by atoms with E-state index in [1.54, 1.807) is 0 Å². The zero-order valence-electron chi connectivity index (χ0n) is 15.3. The van der Waals surface area contributed by atoms with E-state index in [0.717, 1.165) is 11.1 Å². The molecule has 0 radical (unpaired) electrons. The van der Waals surface area contributed by atoms with E-state index in [9.17, 15) is 0 Å². The van der Waals surface area contributed by atoms with Crippen LogP contribution in [0, 0.1) is 0 Å². The molecular weight excluding hydrogens is 388 g/mol. The molecule has 4 rings (SSSR count). The van der Waals surface area contributed by atoms with Crippen LogP contribution < -0.4 is 0 Å². The Labute approximate surface area is 171 Å². The maximum atomic E-state index is 4.75. The first kappa shape index (κ1) is 18.5. The Morgan fingerprint density at radius 3 is 1.25 bits per heavy atom. The predicted octanol–water partition coefficient (Wildman–Crippen LogP) is 4.50. The Hall–Kier alpha value is -2.84. The van der Waals surface area contributed by atoms with Gasteiger partial charge >= 0.3 is 0 Å². The topological polar surface area (TPSA) is 77.3 Å². The Kier molecular flexibility index (Phi) is 5.59. The average Bonchev–Trinajstić information content (AvgIpc) is 2.79. The standard InChI is InChI=1S/C20H16N6S2/c1-27-19-21-17(15(23-25-19)13-9-5-3-6-10-13)18-16(14-11-7-4-8-12-14)24-26-20(22-18)28-2/h3-12H,1-2H3. The summed E-state index contributed by atoms with van der Waals surface area (Å²) in [7, 11) is 0. The molecule has 0 fully saturated rings. The molecule has 0 spiro atoms. The second-order valence-electron chi connectivity index (χ2n) is 5.72. The molecule has 0 aliphatic rings. The fraction of sp³-hybridized carbons (Fsp3) is 0.100. The van der Waals surface area contributed by atoms with Crippen molar-refractivity contribution < 1.29 is 0 Å². The SMILES string of the molecule is CSc1nnc(-c2ccccc2)c(-c2nc(SC)nnc2-c2ccccc2)n1. The van der Waals surface area contributed by atoms with Crippen LogP contribution in [0.4, 0.5) is 0 Å². The summed E-state index contributed by atoms with van der Waals surface area (Å²) < 4.78 is 0. The fourth-order valence-electron chi connectivity index (χ4n) is 2.71. The van der Waals surface area contributed by atoms with Gasteiger partial charge in [-0.15, -0.1) is 20.4 Å². The van der Waals surface area contributed by atoms with Gasteiger partial charge in [0.1, 0.15) is 22.8 Å². The summed E-state index contributed by atoms with van der Waals surface area (Å²) >= 11 is 2.88. The number of rotatable bonds is 5. The highest BCUT2D eigenvalue weighted by Crippen LogP contribution is 2.34. The van der Waals surface area contributed by atoms with Crippen molar-refractivity contribution in [2.75, 3.05) is 12.5 Å². The molecule has 0 aliphatic heterocycles. The molecule has 28 heavy (non-hydrogen) atoms. The van der Waals surface area contributed by atoms with Crippen LogP contribution in [0.2, 0.25) is 0 Å². The Balaban J connectivity index is 2.00. The van der Waals surface area contributed by atoms with Crippen molar-refractivity contribution in [3.05, 3.63) is 60.7 Å². The van der Waals surface area contributed by atoms with E-state index in [2.05, 4.69) is 20.4 Å². The summed E-state index contributed by atoms with van der Waals surface area (Å²) in [6.07, 6.45) is 3.85. The highest BCUT2D eigenvalue weighted by molar-refractivity contribution is 7.98. The van der Waals surface area contributed by atoms with Crippen LogP contribution in [0.1, 0.15) is 0 Å². The summed E-state index contributed by atoms with van der Waals surface area (Å²) in [5.41, 5.74) is 4.48. The monoisotopic (exact) mass is 404 g/mol. The minimum absolute atomic E-state index is 0.581. The van der Waals surface area contributed by atoms with E-state index in [1.807, 2.05) is 73.2 Å². The lowest BCUT2D eigenvalue weighted by molar-refractivity contribution is 0.825. The smallest absolute Gasteiger partial charge is 0.209 e. The highest BCUT2D eigenvalue weighted by atomic mass is 32.2. The Bertz CT molecular complexity index is 1000. The number of hydrogen-bond acceptors (Lipinski definition) is 8. The predicted molar refractivity (Wildman–Crippen MR) is 113 cm³/mol. The van der Waals surface area contributed by atoms with E-state index in [4.69, 9.17) is 9.97 Å². The lowest BCUT2D eigenvalue weighted by Gasteiger charge is -2.12. The third-order valence-electron chi connectivity index (χ3n) is 4.02. The maximum Gasteiger partial charge on any atom is 0.209 e. The second kappa shape index (κ2) is 8.45. The normalized spacial score (nSPS) is 10.8. The molecule has 2 heterocycles. The highest BCUT2D eigenvalue weighted by Gasteiger charge is 2.21. The van der Waals surface area contributed by atoms with Crippen molar-refractivity contribution in [1.82, 2.24) is 30.4 Å². The molecule has 6 nitrogen and oxygen atoms in total. The molecule has 0 unspecified atom stereocenters. The molecule has 138 valence electrons. The molecule has 0 N–H and O–H groups in total. The number of aromatic nitrogens is 6. The van der Waals surface area contributed by atoms with Crippen LogP contribution >= 0.6 is 23.5 Å². The number of benzene rings is 2. The first-order valence-electron chi connectivity index (χ1n) is 8.48. The van der Waals surface area contributed by atoms with Gasteiger partial charge in [-0.3, -0.25) is 0 Å². The number of thioether (sulfide) groups is 2. The second-order valence-corrected chi connectivity index (χ2v) is 7.27. The molecule has 2 aromatic carbocycles. The van der Waals surface area contributed by atoms with E-state index in [-0.39, 0.29) is 0 Å². The van der Waals surface area contributed by atoms with Gasteiger partial charge in [0.2, 0.25) is 10.3 Å². The Morgan fingerprint density at radius 2 is 0.893 bits per heavy atom. The van der Waals surface area contributed by atoms with Gasteiger partial charge < -0.3 is 0 Å². The summed E-state index contributed by atoms with van der Waals surface area (Å²) in [5.74, 6) is 0. The summed E-state index contributed by atoms with van der Waals surface area (Å²) in [4.78, 5) is 9.50. The first-order valence-corrected chi connectivity index (χ1v) is 10.9. The van der Waals surface area contributed by atoms with Gasteiger partial charge in [-0.05, 0) is 12.5 Å². The van der Waals surface area contributed by atoms with Crippen LogP contribution in [0.3, 0.4) is 0 Å². The van der Waals surface area contributed by atoms with Gasteiger partial charge in [-0.1, -0.05) is 84.2 Å². The molecule has 0 atom stereocenters. The molecule has 8 heteroatoms. The van der Waals surface area contributed by atoms with E-state index >= 15 is 0 Å².